The highest BCUT2D eigenvalue weighted by Crippen LogP contribution is 2.15. The van der Waals surface area contributed by atoms with Crippen molar-refractivity contribution in [1.82, 2.24) is 0 Å². The van der Waals surface area contributed by atoms with Crippen LogP contribution in [0.1, 0.15) is 12.5 Å². The normalized spacial score (nSPS) is 12.5. The summed E-state index contributed by atoms with van der Waals surface area (Å²) in [5.74, 6) is 0.337. The number of aromatic hydroxyl groups is 1. The molecule has 1 rings (SSSR count). The number of Topliss-reactive ketones (excluding diaryl/α,β-unsaturated/α-hetero) is 1. The van der Waals surface area contributed by atoms with Gasteiger partial charge in [-0.15, -0.1) is 0 Å². The monoisotopic (exact) mass is 242 g/mol. The van der Waals surface area contributed by atoms with E-state index in [2.05, 4.69) is 15.9 Å². The van der Waals surface area contributed by atoms with Crippen LogP contribution in [0.15, 0.2) is 24.3 Å². The summed E-state index contributed by atoms with van der Waals surface area (Å²) in [5.41, 5.74) is 0.956. The number of ketones is 1. The van der Waals surface area contributed by atoms with Gasteiger partial charge in [0.05, 0.1) is 4.83 Å². The fourth-order valence-electron chi connectivity index (χ4n) is 1.03. The van der Waals surface area contributed by atoms with Crippen molar-refractivity contribution < 1.29 is 9.90 Å². The van der Waals surface area contributed by atoms with Crippen molar-refractivity contribution >= 4 is 21.7 Å². The number of benzene rings is 1. The predicted octanol–water partition coefficient (Wildman–Crippen LogP) is 2.29. The smallest absolute Gasteiger partial charge is 0.143 e. The molecule has 13 heavy (non-hydrogen) atoms. The van der Waals surface area contributed by atoms with Crippen LogP contribution in [-0.4, -0.2) is 15.7 Å². The Balaban J connectivity index is 2.69. The van der Waals surface area contributed by atoms with E-state index in [-0.39, 0.29) is 16.4 Å². The van der Waals surface area contributed by atoms with Gasteiger partial charge in [0.2, 0.25) is 0 Å². The number of phenols is 1. The van der Waals surface area contributed by atoms with Crippen molar-refractivity contribution in [2.45, 2.75) is 18.2 Å². The summed E-state index contributed by atoms with van der Waals surface area (Å²) in [6.07, 6.45) is 0.615. The van der Waals surface area contributed by atoms with Crippen LogP contribution in [0.3, 0.4) is 0 Å². The molecule has 1 unspecified atom stereocenters. The van der Waals surface area contributed by atoms with E-state index < -0.39 is 0 Å². The molecule has 0 bridgehead atoms. The highest BCUT2D eigenvalue weighted by atomic mass is 79.9. The standard InChI is InChI=1S/C10H11BrO2/c1-7(12)10(11)6-8-3-2-4-9(13)5-8/h2-5,10,13H,6H2,1H3. The maximum absolute atomic E-state index is 10.9. The van der Waals surface area contributed by atoms with E-state index >= 15 is 0 Å². The number of carbonyl (C=O) groups is 1. The van der Waals surface area contributed by atoms with Crippen molar-refractivity contribution in [2.24, 2.45) is 0 Å². The van der Waals surface area contributed by atoms with Crippen LogP contribution in [0, 0.1) is 0 Å². The first kappa shape index (κ1) is 10.3. The van der Waals surface area contributed by atoms with Crippen molar-refractivity contribution in [1.29, 1.82) is 0 Å². The zero-order chi connectivity index (χ0) is 9.84. The van der Waals surface area contributed by atoms with Crippen LogP contribution in [0.4, 0.5) is 0 Å². The van der Waals surface area contributed by atoms with Crippen molar-refractivity contribution in [2.75, 3.05) is 0 Å². The predicted molar refractivity (Wildman–Crippen MR) is 55.2 cm³/mol. The minimum atomic E-state index is -0.158. The molecule has 0 aliphatic carbocycles. The van der Waals surface area contributed by atoms with Crippen molar-refractivity contribution in [3.63, 3.8) is 0 Å². The molecule has 1 N–H and O–H groups in total. The van der Waals surface area contributed by atoms with E-state index in [0.717, 1.165) is 5.56 Å². The number of hydrogen-bond donors (Lipinski definition) is 1. The Kier molecular flexibility index (Phi) is 3.48. The first-order chi connectivity index (χ1) is 6.09. The van der Waals surface area contributed by atoms with Gasteiger partial charge < -0.3 is 5.11 Å². The summed E-state index contributed by atoms with van der Waals surface area (Å²) < 4.78 is 0. The van der Waals surface area contributed by atoms with Gasteiger partial charge in [-0.05, 0) is 31.0 Å². The van der Waals surface area contributed by atoms with E-state index in [1.807, 2.05) is 6.07 Å². The number of hydrogen-bond acceptors (Lipinski definition) is 2. The minimum absolute atomic E-state index is 0.100. The van der Waals surface area contributed by atoms with Crippen molar-refractivity contribution in [3.8, 4) is 5.75 Å². The van der Waals surface area contributed by atoms with Crippen molar-refractivity contribution in [3.05, 3.63) is 29.8 Å². The van der Waals surface area contributed by atoms with E-state index in [4.69, 9.17) is 5.11 Å². The lowest BCUT2D eigenvalue weighted by molar-refractivity contribution is -0.116. The molecule has 3 heteroatoms. The maximum Gasteiger partial charge on any atom is 0.143 e. The third-order valence-electron chi connectivity index (χ3n) is 1.77. The molecule has 1 aromatic carbocycles. The highest BCUT2D eigenvalue weighted by molar-refractivity contribution is 9.10. The lowest BCUT2D eigenvalue weighted by Gasteiger charge is -2.05. The largest absolute Gasteiger partial charge is 0.508 e. The molecule has 0 amide bonds. The van der Waals surface area contributed by atoms with Crippen LogP contribution >= 0.6 is 15.9 Å². The Hall–Kier alpha value is -0.830. The van der Waals surface area contributed by atoms with E-state index in [1.165, 1.54) is 0 Å². The summed E-state index contributed by atoms with van der Waals surface area (Å²) in [4.78, 5) is 10.8. The summed E-state index contributed by atoms with van der Waals surface area (Å²) in [5, 5.41) is 9.16. The van der Waals surface area contributed by atoms with Gasteiger partial charge >= 0.3 is 0 Å². The lowest BCUT2D eigenvalue weighted by atomic mass is 10.1. The molecule has 0 radical (unpaired) electrons. The number of halogens is 1. The summed E-state index contributed by atoms with van der Waals surface area (Å²) >= 11 is 3.27. The molecule has 0 heterocycles. The van der Waals surface area contributed by atoms with Gasteiger partial charge in [-0.2, -0.15) is 0 Å². The Morgan fingerprint density at radius 3 is 2.85 bits per heavy atom. The molecule has 0 fully saturated rings. The Labute approximate surface area is 85.7 Å². The van der Waals surface area contributed by atoms with Crippen LogP contribution in [0.2, 0.25) is 0 Å². The molecule has 0 aliphatic rings. The molecule has 1 atom stereocenters. The van der Waals surface area contributed by atoms with Gasteiger partial charge in [-0.1, -0.05) is 28.1 Å². The quantitative estimate of drug-likeness (QED) is 0.827. The molecule has 1 aromatic rings. The number of rotatable bonds is 3. The maximum atomic E-state index is 10.9. The van der Waals surface area contributed by atoms with Crippen LogP contribution in [-0.2, 0) is 11.2 Å². The zero-order valence-electron chi connectivity index (χ0n) is 7.33. The molecular weight excluding hydrogens is 232 g/mol. The highest BCUT2D eigenvalue weighted by Gasteiger charge is 2.10. The van der Waals surface area contributed by atoms with Crippen LogP contribution in [0.5, 0.6) is 5.75 Å². The molecule has 0 saturated heterocycles. The summed E-state index contributed by atoms with van der Waals surface area (Å²) in [6, 6.07) is 6.93. The Bertz CT molecular complexity index is 310. The van der Waals surface area contributed by atoms with Crippen LogP contribution in [0.25, 0.3) is 0 Å². The molecule has 0 aromatic heterocycles. The van der Waals surface area contributed by atoms with Crippen LogP contribution < -0.4 is 0 Å². The SMILES string of the molecule is CC(=O)C(Br)Cc1cccc(O)c1. The number of alkyl halides is 1. The van der Waals surface area contributed by atoms with Gasteiger partial charge in [-0.3, -0.25) is 4.79 Å². The Morgan fingerprint density at radius 2 is 2.31 bits per heavy atom. The topological polar surface area (TPSA) is 37.3 Å². The van der Waals surface area contributed by atoms with Gasteiger partial charge in [0.15, 0.2) is 0 Å². The molecular formula is C10H11BrO2. The third-order valence-corrected chi connectivity index (χ3v) is 2.74. The zero-order valence-corrected chi connectivity index (χ0v) is 8.91. The van der Waals surface area contributed by atoms with E-state index in [1.54, 1.807) is 25.1 Å². The summed E-state index contributed by atoms with van der Waals surface area (Å²) in [6.45, 7) is 1.54. The van der Waals surface area contributed by atoms with E-state index in [0.29, 0.717) is 6.42 Å². The fraction of sp³-hybridized carbons (Fsp3) is 0.300. The first-order valence-corrected chi connectivity index (χ1v) is 4.93. The van der Waals surface area contributed by atoms with E-state index in [9.17, 15) is 4.79 Å². The summed E-state index contributed by atoms with van der Waals surface area (Å²) in [7, 11) is 0. The molecule has 70 valence electrons. The number of phenolic OH excluding ortho intramolecular Hbond substituents is 1. The number of carbonyl (C=O) groups excluding carboxylic acids is 1. The first-order valence-electron chi connectivity index (χ1n) is 4.02. The molecule has 0 spiro atoms. The van der Waals surface area contributed by atoms with Gasteiger partial charge in [0.1, 0.15) is 11.5 Å². The second-order valence-electron chi connectivity index (χ2n) is 2.95. The lowest BCUT2D eigenvalue weighted by Crippen LogP contribution is -2.12. The molecule has 2 nitrogen and oxygen atoms in total. The second kappa shape index (κ2) is 4.42. The van der Waals surface area contributed by atoms with Gasteiger partial charge in [0, 0.05) is 0 Å². The average Bonchev–Trinajstić information content (AvgIpc) is 2.04. The van der Waals surface area contributed by atoms with Gasteiger partial charge in [-0.25, -0.2) is 0 Å². The van der Waals surface area contributed by atoms with Gasteiger partial charge in [0.25, 0.3) is 0 Å². The third kappa shape index (κ3) is 3.19. The second-order valence-corrected chi connectivity index (χ2v) is 4.06. The average molecular weight is 243 g/mol. The fourth-order valence-corrected chi connectivity index (χ4v) is 1.41. The minimum Gasteiger partial charge on any atom is -0.508 e. The molecule has 0 saturated carbocycles. The Morgan fingerprint density at radius 1 is 1.62 bits per heavy atom. The molecule has 0 aliphatic heterocycles.